The van der Waals surface area contributed by atoms with E-state index < -0.39 is 0 Å². The van der Waals surface area contributed by atoms with Gasteiger partial charge in [0, 0.05) is 5.56 Å². The lowest BCUT2D eigenvalue weighted by molar-refractivity contribution is 0.101. The van der Waals surface area contributed by atoms with E-state index in [1.807, 2.05) is 32.0 Å². The van der Waals surface area contributed by atoms with Crippen molar-refractivity contribution in [3.63, 3.8) is 0 Å². The zero-order chi connectivity index (χ0) is 11.7. The van der Waals surface area contributed by atoms with Gasteiger partial charge in [-0.25, -0.2) is 0 Å². The molecule has 0 aliphatic heterocycles. The smallest absolute Gasteiger partial charge is 0.228 e. The van der Waals surface area contributed by atoms with Crippen LogP contribution in [0.2, 0.25) is 0 Å². The largest absolute Gasteiger partial charge is 0.446 e. The number of benzene rings is 1. The summed E-state index contributed by atoms with van der Waals surface area (Å²) in [4.78, 5) is 12.1. The Balaban J connectivity index is 2.45. The number of halogens is 1. The van der Waals surface area contributed by atoms with E-state index in [9.17, 15) is 4.79 Å². The highest BCUT2D eigenvalue weighted by atomic mass is 79.9. The van der Waals surface area contributed by atoms with E-state index in [0.29, 0.717) is 16.0 Å². The fraction of sp³-hybridized carbons (Fsp3) is 0.154. The Bertz CT molecular complexity index is 541. The number of furan rings is 1. The van der Waals surface area contributed by atoms with Crippen LogP contribution in [0.1, 0.15) is 27.2 Å². The van der Waals surface area contributed by atoms with Crippen LogP contribution in [-0.2, 0) is 0 Å². The molecule has 0 spiro atoms. The van der Waals surface area contributed by atoms with Crippen LogP contribution < -0.4 is 0 Å². The first-order chi connectivity index (χ1) is 7.59. The van der Waals surface area contributed by atoms with E-state index >= 15 is 0 Å². The highest BCUT2D eigenvalue weighted by Gasteiger charge is 2.15. The minimum Gasteiger partial charge on any atom is -0.446 e. The normalized spacial score (nSPS) is 10.4. The van der Waals surface area contributed by atoms with Gasteiger partial charge in [0.05, 0.1) is 0 Å². The molecule has 0 atom stereocenters. The van der Waals surface area contributed by atoms with Gasteiger partial charge in [-0.1, -0.05) is 18.2 Å². The maximum atomic E-state index is 12.1. The van der Waals surface area contributed by atoms with Crippen LogP contribution in [0.4, 0.5) is 0 Å². The Morgan fingerprint density at radius 1 is 1.19 bits per heavy atom. The fourth-order valence-electron chi connectivity index (χ4n) is 1.57. The summed E-state index contributed by atoms with van der Waals surface area (Å²) < 4.78 is 5.83. The van der Waals surface area contributed by atoms with Crippen molar-refractivity contribution in [2.75, 3.05) is 0 Å². The molecule has 82 valence electrons. The zero-order valence-electron chi connectivity index (χ0n) is 9.08. The molecule has 2 aromatic rings. The minimum atomic E-state index is -0.0769. The molecule has 0 bridgehead atoms. The summed E-state index contributed by atoms with van der Waals surface area (Å²) >= 11 is 3.19. The molecule has 0 aliphatic rings. The molecule has 1 aromatic carbocycles. The molecule has 0 saturated carbocycles. The van der Waals surface area contributed by atoms with Crippen LogP contribution in [0.25, 0.3) is 0 Å². The molecule has 1 heterocycles. The molecule has 0 amide bonds. The summed E-state index contributed by atoms with van der Waals surface area (Å²) in [5.41, 5.74) is 2.80. The van der Waals surface area contributed by atoms with Gasteiger partial charge < -0.3 is 4.42 Å². The lowest BCUT2D eigenvalue weighted by atomic mass is 9.99. The van der Waals surface area contributed by atoms with Crippen LogP contribution in [-0.4, -0.2) is 5.78 Å². The average molecular weight is 279 g/mol. The predicted octanol–water partition coefficient (Wildman–Crippen LogP) is 3.89. The van der Waals surface area contributed by atoms with E-state index in [2.05, 4.69) is 15.9 Å². The number of rotatable bonds is 2. The number of aryl methyl sites for hydroxylation is 1. The maximum Gasteiger partial charge on any atom is 0.228 e. The van der Waals surface area contributed by atoms with Gasteiger partial charge in [0.2, 0.25) is 5.78 Å². The first-order valence-corrected chi connectivity index (χ1v) is 5.75. The van der Waals surface area contributed by atoms with Gasteiger partial charge in [-0.15, -0.1) is 0 Å². The Hall–Kier alpha value is -1.35. The zero-order valence-corrected chi connectivity index (χ0v) is 10.7. The SMILES string of the molecule is Cc1cccc(C(=O)c2ccc(Br)o2)c1C. The lowest BCUT2D eigenvalue weighted by Gasteiger charge is -2.05. The second kappa shape index (κ2) is 4.26. The first-order valence-electron chi connectivity index (χ1n) is 4.96. The predicted molar refractivity (Wildman–Crippen MR) is 65.8 cm³/mol. The van der Waals surface area contributed by atoms with E-state index in [1.165, 1.54) is 0 Å². The second-order valence-electron chi connectivity index (χ2n) is 3.68. The van der Waals surface area contributed by atoms with Gasteiger partial charge in [-0.2, -0.15) is 0 Å². The van der Waals surface area contributed by atoms with Crippen LogP contribution in [0, 0.1) is 13.8 Å². The summed E-state index contributed by atoms with van der Waals surface area (Å²) in [6.45, 7) is 3.94. The molecule has 2 rings (SSSR count). The third kappa shape index (κ3) is 1.95. The van der Waals surface area contributed by atoms with Gasteiger partial charge in [0.1, 0.15) is 0 Å². The highest BCUT2D eigenvalue weighted by Crippen LogP contribution is 2.20. The van der Waals surface area contributed by atoms with Gasteiger partial charge >= 0.3 is 0 Å². The molecule has 0 unspecified atom stereocenters. The Morgan fingerprint density at radius 3 is 2.56 bits per heavy atom. The van der Waals surface area contributed by atoms with Crippen LogP contribution >= 0.6 is 15.9 Å². The average Bonchev–Trinajstić information content (AvgIpc) is 2.68. The van der Waals surface area contributed by atoms with Crippen molar-refractivity contribution >= 4 is 21.7 Å². The molecule has 0 radical (unpaired) electrons. The van der Waals surface area contributed by atoms with Crippen molar-refractivity contribution in [2.24, 2.45) is 0 Å². The van der Waals surface area contributed by atoms with Crippen molar-refractivity contribution in [1.29, 1.82) is 0 Å². The molecule has 0 N–H and O–H groups in total. The number of hydrogen-bond acceptors (Lipinski definition) is 2. The van der Waals surface area contributed by atoms with E-state index in [-0.39, 0.29) is 5.78 Å². The molecule has 0 fully saturated rings. The van der Waals surface area contributed by atoms with Crippen molar-refractivity contribution in [1.82, 2.24) is 0 Å². The third-order valence-electron chi connectivity index (χ3n) is 2.65. The molecule has 1 aromatic heterocycles. The van der Waals surface area contributed by atoms with Crippen LogP contribution in [0.15, 0.2) is 39.4 Å². The monoisotopic (exact) mass is 278 g/mol. The summed E-state index contributed by atoms with van der Waals surface area (Å²) in [5, 5.41) is 0. The molecule has 2 nitrogen and oxygen atoms in total. The molecule has 3 heteroatoms. The summed E-state index contributed by atoms with van der Waals surface area (Å²) in [7, 11) is 0. The molecule has 16 heavy (non-hydrogen) atoms. The highest BCUT2D eigenvalue weighted by molar-refractivity contribution is 9.10. The lowest BCUT2D eigenvalue weighted by Crippen LogP contribution is -2.03. The van der Waals surface area contributed by atoms with Gasteiger partial charge in [-0.05, 0) is 53.0 Å². The Kier molecular flexibility index (Phi) is 2.97. The van der Waals surface area contributed by atoms with Gasteiger partial charge in [0.15, 0.2) is 10.4 Å². The van der Waals surface area contributed by atoms with Gasteiger partial charge in [-0.3, -0.25) is 4.79 Å². The van der Waals surface area contributed by atoms with Crippen molar-refractivity contribution in [3.8, 4) is 0 Å². The van der Waals surface area contributed by atoms with Crippen LogP contribution in [0.5, 0.6) is 0 Å². The number of ketones is 1. The molecular formula is C13H11BrO2. The standard InChI is InChI=1S/C13H11BrO2/c1-8-4-3-5-10(9(8)2)13(15)11-6-7-12(14)16-11/h3-7H,1-2H3. The van der Waals surface area contributed by atoms with E-state index in [4.69, 9.17) is 4.42 Å². The van der Waals surface area contributed by atoms with Crippen molar-refractivity contribution in [2.45, 2.75) is 13.8 Å². The Morgan fingerprint density at radius 2 is 1.94 bits per heavy atom. The summed E-state index contributed by atoms with van der Waals surface area (Å²) in [5.74, 6) is 0.285. The summed E-state index contributed by atoms with van der Waals surface area (Å²) in [6, 6.07) is 9.09. The number of carbonyl (C=O) groups excluding carboxylic acids is 1. The number of hydrogen-bond donors (Lipinski definition) is 0. The minimum absolute atomic E-state index is 0.0769. The molecule has 0 aliphatic carbocycles. The fourth-order valence-corrected chi connectivity index (χ4v) is 1.87. The third-order valence-corrected chi connectivity index (χ3v) is 3.07. The van der Waals surface area contributed by atoms with Crippen LogP contribution in [0.3, 0.4) is 0 Å². The molecular weight excluding hydrogens is 268 g/mol. The van der Waals surface area contributed by atoms with Crippen molar-refractivity contribution in [3.05, 3.63) is 57.5 Å². The second-order valence-corrected chi connectivity index (χ2v) is 4.46. The number of carbonyl (C=O) groups is 1. The van der Waals surface area contributed by atoms with Crippen molar-refractivity contribution < 1.29 is 9.21 Å². The van der Waals surface area contributed by atoms with E-state index in [0.717, 1.165) is 11.1 Å². The Labute approximate surface area is 102 Å². The van der Waals surface area contributed by atoms with Gasteiger partial charge in [0.25, 0.3) is 0 Å². The topological polar surface area (TPSA) is 30.2 Å². The van der Waals surface area contributed by atoms with E-state index in [1.54, 1.807) is 12.1 Å². The summed E-state index contributed by atoms with van der Waals surface area (Å²) in [6.07, 6.45) is 0. The molecule has 0 saturated heterocycles. The maximum absolute atomic E-state index is 12.1. The first kappa shape index (κ1) is 11.1. The quantitative estimate of drug-likeness (QED) is 0.781.